The number of rotatable bonds is 4. The minimum Gasteiger partial charge on any atom is -0.444 e. The van der Waals surface area contributed by atoms with E-state index in [-0.39, 0.29) is 12.1 Å². The highest BCUT2D eigenvalue weighted by atomic mass is 32.2. The molecule has 0 saturated carbocycles. The molecule has 3 heterocycles. The molecule has 2 fully saturated rings. The van der Waals surface area contributed by atoms with Crippen molar-refractivity contribution in [2.75, 3.05) is 37.6 Å². The van der Waals surface area contributed by atoms with E-state index in [1.165, 1.54) is 0 Å². The van der Waals surface area contributed by atoms with Gasteiger partial charge in [0.25, 0.3) is 0 Å². The molecular weight excluding hydrogens is 464 g/mol. The van der Waals surface area contributed by atoms with Gasteiger partial charge in [0.1, 0.15) is 11.4 Å². The molecule has 8 nitrogen and oxygen atoms in total. The number of nitrogens with zero attached hydrogens (tertiary/aromatic N) is 4. The predicted octanol–water partition coefficient (Wildman–Crippen LogP) is 4.36. The Morgan fingerprint density at radius 3 is 2.26 bits per heavy atom. The quantitative estimate of drug-likeness (QED) is 0.620. The first kappa shape index (κ1) is 25.4. The molecule has 35 heavy (non-hydrogen) atoms. The Morgan fingerprint density at radius 2 is 1.66 bits per heavy atom. The summed E-state index contributed by atoms with van der Waals surface area (Å²) in [5.41, 5.74) is 1.44. The summed E-state index contributed by atoms with van der Waals surface area (Å²) in [5.74, 6) is 0.835. The summed E-state index contributed by atoms with van der Waals surface area (Å²) in [6, 6.07) is 10.8. The smallest absolute Gasteiger partial charge is 0.410 e. The van der Waals surface area contributed by atoms with E-state index in [1.807, 2.05) is 58.2 Å². The van der Waals surface area contributed by atoms with Crippen LogP contribution in [0.3, 0.4) is 0 Å². The molecule has 9 heteroatoms. The second-order valence-electron chi connectivity index (χ2n) is 10.3. The molecule has 190 valence electrons. The summed E-state index contributed by atoms with van der Waals surface area (Å²) < 4.78 is 34.0. The fourth-order valence-electron chi connectivity index (χ4n) is 4.60. The number of benzene rings is 1. The van der Waals surface area contributed by atoms with Gasteiger partial charge in [-0.25, -0.2) is 18.2 Å². The van der Waals surface area contributed by atoms with Gasteiger partial charge in [-0.1, -0.05) is 30.2 Å². The van der Waals surface area contributed by atoms with Crippen molar-refractivity contribution in [1.82, 2.24) is 14.2 Å². The number of hydrogen-bond donors (Lipinski definition) is 0. The zero-order chi connectivity index (χ0) is 25.2. The van der Waals surface area contributed by atoms with Crippen LogP contribution in [0.5, 0.6) is 0 Å². The van der Waals surface area contributed by atoms with Crippen molar-refractivity contribution < 1.29 is 17.9 Å². The highest BCUT2D eigenvalue weighted by Crippen LogP contribution is 2.35. The number of pyridine rings is 1. The molecule has 2 aromatic rings. The number of aromatic nitrogens is 1. The average Bonchev–Trinajstić information content (AvgIpc) is 2.83. The van der Waals surface area contributed by atoms with Crippen LogP contribution in [-0.2, 0) is 14.8 Å². The van der Waals surface area contributed by atoms with Crippen LogP contribution in [0.1, 0.15) is 57.2 Å². The normalized spacial score (nSPS) is 20.1. The van der Waals surface area contributed by atoms with Crippen LogP contribution in [0.15, 0.2) is 47.5 Å². The standard InChI is InChI=1S/C26H36N4O4S/c1-20-8-11-22(12-9-20)35(32,33)30-14-6-5-7-23(30)21-10-13-24(27-19-21)28-15-17-29(18-16-28)25(31)34-26(2,3)4/h8-13,19,23H,5-7,14-18H2,1-4H3/t23-/m1/s1. The Morgan fingerprint density at radius 1 is 0.971 bits per heavy atom. The van der Waals surface area contributed by atoms with Crippen LogP contribution < -0.4 is 4.90 Å². The third kappa shape index (κ3) is 5.95. The van der Waals surface area contributed by atoms with E-state index in [4.69, 9.17) is 4.74 Å². The van der Waals surface area contributed by atoms with Gasteiger partial charge in [0.15, 0.2) is 0 Å². The van der Waals surface area contributed by atoms with Gasteiger partial charge in [0.2, 0.25) is 10.0 Å². The van der Waals surface area contributed by atoms with Gasteiger partial charge in [-0.2, -0.15) is 4.31 Å². The lowest BCUT2D eigenvalue weighted by Crippen LogP contribution is -2.50. The van der Waals surface area contributed by atoms with E-state index in [1.54, 1.807) is 21.3 Å². The summed E-state index contributed by atoms with van der Waals surface area (Å²) in [7, 11) is -3.59. The van der Waals surface area contributed by atoms with Gasteiger partial charge in [-0.05, 0) is 64.3 Å². The minimum absolute atomic E-state index is 0.222. The number of ether oxygens (including phenoxy) is 1. The number of aryl methyl sites for hydroxylation is 1. The second-order valence-corrected chi connectivity index (χ2v) is 12.2. The summed E-state index contributed by atoms with van der Waals surface area (Å²) in [6.07, 6.45) is 4.14. The molecule has 0 N–H and O–H groups in total. The van der Waals surface area contributed by atoms with Crippen molar-refractivity contribution in [3.05, 3.63) is 53.7 Å². The number of piperidine rings is 1. The average molecular weight is 501 g/mol. The number of carbonyl (C=O) groups excluding carboxylic acids is 1. The monoisotopic (exact) mass is 500 g/mol. The van der Waals surface area contributed by atoms with E-state index < -0.39 is 15.6 Å². The number of piperazine rings is 1. The van der Waals surface area contributed by atoms with Crippen molar-refractivity contribution >= 4 is 21.9 Å². The van der Waals surface area contributed by atoms with Gasteiger partial charge in [0, 0.05) is 38.9 Å². The van der Waals surface area contributed by atoms with Gasteiger partial charge in [-0.15, -0.1) is 0 Å². The van der Waals surface area contributed by atoms with Crippen molar-refractivity contribution in [2.24, 2.45) is 0 Å². The number of hydrogen-bond acceptors (Lipinski definition) is 6. The lowest BCUT2D eigenvalue weighted by molar-refractivity contribution is 0.0240. The van der Waals surface area contributed by atoms with Crippen LogP contribution in [-0.4, -0.2) is 67.0 Å². The molecule has 1 aromatic carbocycles. The molecule has 0 unspecified atom stereocenters. The number of anilines is 1. The summed E-state index contributed by atoms with van der Waals surface area (Å²) >= 11 is 0. The molecule has 2 saturated heterocycles. The van der Waals surface area contributed by atoms with E-state index >= 15 is 0 Å². The lowest BCUT2D eigenvalue weighted by Gasteiger charge is -2.37. The third-order valence-electron chi connectivity index (χ3n) is 6.49. The number of sulfonamides is 1. The van der Waals surface area contributed by atoms with E-state index in [2.05, 4.69) is 9.88 Å². The zero-order valence-corrected chi connectivity index (χ0v) is 21.9. The van der Waals surface area contributed by atoms with E-state index in [9.17, 15) is 13.2 Å². The summed E-state index contributed by atoms with van der Waals surface area (Å²) in [4.78, 5) is 21.2. The van der Waals surface area contributed by atoms with Crippen molar-refractivity contribution in [2.45, 2.75) is 63.5 Å². The molecule has 2 aliphatic rings. The fraction of sp³-hybridized carbons (Fsp3) is 0.538. The Bertz CT molecular complexity index is 1120. The first-order valence-electron chi connectivity index (χ1n) is 12.3. The maximum Gasteiger partial charge on any atom is 0.410 e. The van der Waals surface area contributed by atoms with E-state index in [0.717, 1.165) is 36.2 Å². The molecule has 1 aromatic heterocycles. The highest BCUT2D eigenvalue weighted by molar-refractivity contribution is 7.89. The molecule has 0 bridgehead atoms. The van der Waals surface area contributed by atoms with Crippen LogP contribution in [0.25, 0.3) is 0 Å². The predicted molar refractivity (Wildman–Crippen MR) is 136 cm³/mol. The third-order valence-corrected chi connectivity index (χ3v) is 8.41. The van der Waals surface area contributed by atoms with Gasteiger partial charge < -0.3 is 14.5 Å². The van der Waals surface area contributed by atoms with Crippen LogP contribution >= 0.6 is 0 Å². The highest BCUT2D eigenvalue weighted by Gasteiger charge is 2.35. The maximum absolute atomic E-state index is 13.4. The molecule has 1 amide bonds. The topological polar surface area (TPSA) is 83.1 Å². The molecule has 0 radical (unpaired) electrons. The van der Waals surface area contributed by atoms with Crippen molar-refractivity contribution in [3.63, 3.8) is 0 Å². The van der Waals surface area contributed by atoms with Crippen LogP contribution in [0, 0.1) is 6.92 Å². The Hall–Kier alpha value is -2.65. The lowest BCUT2D eigenvalue weighted by atomic mass is 9.99. The molecule has 0 spiro atoms. The zero-order valence-electron chi connectivity index (χ0n) is 21.1. The molecule has 0 aliphatic carbocycles. The molecule has 1 atom stereocenters. The largest absolute Gasteiger partial charge is 0.444 e. The number of amides is 1. The van der Waals surface area contributed by atoms with Gasteiger partial charge in [-0.3, -0.25) is 0 Å². The number of carbonyl (C=O) groups is 1. The summed E-state index contributed by atoms with van der Waals surface area (Å²) in [6.45, 7) is 10.5. The molecule has 2 aliphatic heterocycles. The van der Waals surface area contributed by atoms with E-state index in [0.29, 0.717) is 37.6 Å². The first-order valence-corrected chi connectivity index (χ1v) is 13.8. The molecular formula is C26H36N4O4S. The fourth-order valence-corrected chi connectivity index (χ4v) is 6.28. The molecule has 4 rings (SSSR count). The Kier molecular flexibility index (Phi) is 7.38. The maximum atomic E-state index is 13.4. The van der Waals surface area contributed by atoms with Crippen molar-refractivity contribution in [3.8, 4) is 0 Å². The SMILES string of the molecule is Cc1ccc(S(=O)(=O)N2CCCC[C@@H]2c2ccc(N3CCN(C(=O)OC(C)(C)C)CC3)nc2)cc1. The van der Waals surface area contributed by atoms with Crippen LogP contribution in [0.4, 0.5) is 10.6 Å². The summed E-state index contributed by atoms with van der Waals surface area (Å²) in [5, 5.41) is 0. The van der Waals surface area contributed by atoms with Crippen LogP contribution in [0.2, 0.25) is 0 Å². The van der Waals surface area contributed by atoms with Crippen molar-refractivity contribution in [1.29, 1.82) is 0 Å². The Balaban J connectivity index is 1.44. The minimum atomic E-state index is -3.59. The second kappa shape index (κ2) is 10.1. The van der Waals surface area contributed by atoms with Gasteiger partial charge in [0.05, 0.1) is 10.9 Å². The first-order chi connectivity index (χ1) is 16.5. The van der Waals surface area contributed by atoms with Gasteiger partial charge >= 0.3 is 6.09 Å². The Labute approximate surface area is 208 Å².